The lowest BCUT2D eigenvalue weighted by Crippen LogP contribution is -2.42. The Morgan fingerprint density at radius 2 is 2.04 bits per heavy atom. The van der Waals surface area contributed by atoms with Gasteiger partial charge in [-0.05, 0) is 49.8 Å². The van der Waals surface area contributed by atoms with Crippen molar-refractivity contribution in [2.45, 2.75) is 64.0 Å². The Bertz CT molecular complexity index is 538. The predicted octanol–water partition coefficient (Wildman–Crippen LogP) is 4.93. The summed E-state index contributed by atoms with van der Waals surface area (Å²) >= 11 is 0. The Hall–Kier alpha value is -1.22. The molecular weight excluding hydrogens is 286 g/mol. The molecular formula is C20H29NO2. The van der Waals surface area contributed by atoms with E-state index in [1.54, 1.807) is 0 Å². The van der Waals surface area contributed by atoms with Crippen LogP contribution in [-0.2, 0) is 4.74 Å². The lowest BCUT2D eigenvalue weighted by atomic mass is 9.73. The second-order valence-electron chi connectivity index (χ2n) is 7.41. The van der Waals surface area contributed by atoms with Crippen molar-refractivity contribution in [2.24, 2.45) is 11.8 Å². The first-order chi connectivity index (χ1) is 11.4. The molecule has 3 heteroatoms. The first kappa shape index (κ1) is 15.3. The first-order valence-corrected chi connectivity index (χ1v) is 9.51. The molecule has 1 N–H and O–H groups in total. The van der Waals surface area contributed by atoms with Gasteiger partial charge in [0.15, 0.2) is 0 Å². The average molecular weight is 315 g/mol. The van der Waals surface area contributed by atoms with Crippen LogP contribution >= 0.6 is 0 Å². The van der Waals surface area contributed by atoms with Gasteiger partial charge in [0.05, 0.1) is 12.7 Å². The number of hydrogen-bond acceptors (Lipinski definition) is 3. The Morgan fingerprint density at radius 3 is 2.87 bits per heavy atom. The summed E-state index contributed by atoms with van der Waals surface area (Å²) in [5.74, 6) is 2.44. The SMILES string of the molecule is CCCOc1ccc2c(c1)[C@H]1OCC[C@H]1[C@@H](C1CCCCC1)N2. The third-order valence-corrected chi connectivity index (χ3v) is 5.88. The van der Waals surface area contributed by atoms with Crippen LogP contribution in [0.4, 0.5) is 5.69 Å². The van der Waals surface area contributed by atoms with Gasteiger partial charge >= 0.3 is 0 Å². The molecule has 3 atom stereocenters. The number of ether oxygens (including phenoxy) is 2. The smallest absolute Gasteiger partial charge is 0.119 e. The second-order valence-corrected chi connectivity index (χ2v) is 7.41. The highest BCUT2D eigenvalue weighted by molar-refractivity contribution is 5.58. The van der Waals surface area contributed by atoms with Gasteiger partial charge < -0.3 is 14.8 Å². The van der Waals surface area contributed by atoms with E-state index in [-0.39, 0.29) is 6.10 Å². The zero-order valence-electron chi connectivity index (χ0n) is 14.2. The van der Waals surface area contributed by atoms with Crippen LogP contribution in [0.25, 0.3) is 0 Å². The summed E-state index contributed by atoms with van der Waals surface area (Å²) in [4.78, 5) is 0. The molecule has 1 aromatic carbocycles. The van der Waals surface area contributed by atoms with E-state index in [1.807, 2.05) is 0 Å². The summed E-state index contributed by atoms with van der Waals surface area (Å²) in [6, 6.07) is 7.11. The second kappa shape index (κ2) is 6.72. The first-order valence-electron chi connectivity index (χ1n) is 9.51. The number of anilines is 1. The van der Waals surface area contributed by atoms with E-state index in [1.165, 1.54) is 49.8 Å². The normalized spacial score (nSPS) is 30.4. The minimum absolute atomic E-state index is 0.267. The van der Waals surface area contributed by atoms with Crippen molar-refractivity contribution < 1.29 is 9.47 Å². The van der Waals surface area contributed by atoms with E-state index < -0.39 is 0 Å². The fourth-order valence-corrected chi connectivity index (χ4v) is 4.76. The van der Waals surface area contributed by atoms with E-state index in [9.17, 15) is 0 Å². The third kappa shape index (κ3) is 2.96. The number of hydrogen-bond donors (Lipinski definition) is 1. The van der Waals surface area contributed by atoms with Crippen LogP contribution in [0.3, 0.4) is 0 Å². The topological polar surface area (TPSA) is 30.5 Å². The van der Waals surface area contributed by atoms with Crippen molar-refractivity contribution in [1.29, 1.82) is 0 Å². The molecule has 4 rings (SSSR count). The highest BCUT2D eigenvalue weighted by Crippen LogP contribution is 2.49. The molecule has 0 spiro atoms. The summed E-state index contributed by atoms with van der Waals surface area (Å²) < 4.78 is 12.0. The highest BCUT2D eigenvalue weighted by atomic mass is 16.5. The Kier molecular flexibility index (Phi) is 4.48. The quantitative estimate of drug-likeness (QED) is 0.855. The van der Waals surface area contributed by atoms with Crippen molar-refractivity contribution in [2.75, 3.05) is 18.5 Å². The molecule has 0 amide bonds. The van der Waals surface area contributed by atoms with Gasteiger partial charge in [-0.1, -0.05) is 26.2 Å². The van der Waals surface area contributed by atoms with Crippen LogP contribution in [0.15, 0.2) is 18.2 Å². The molecule has 0 aromatic heterocycles. The van der Waals surface area contributed by atoms with Crippen LogP contribution < -0.4 is 10.1 Å². The highest BCUT2D eigenvalue weighted by Gasteiger charge is 2.43. The van der Waals surface area contributed by atoms with Crippen LogP contribution in [0.2, 0.25) is 0 Å². The van der Waals surface area contributed by atoms with Gasteiger partial charge in [-0.2, -0.15) is 0 Å². The van der Waals surface area contributed by atoms with Crippen molar-refractivity contribution in [3.8, 4) is 5.75 Å². The van der Waals surface area contributed by atoms with E-state index in [0.29, 0.717) is 12.0 Å². The minimum atomic E-state index is 0.267. The summed E-state index contributed by atoms with van der Waals surface area (Å²) in [5, 5.41) is 3.89. The van der Waals surface area contributed by atoms with Gasteiger partial charge in [0.25, 0.3) is 0 Å². The third-order valence-electron chi connectivity index (χ3n) is 5.88. The monoisotopic (exact) mass is 315 g/mol. The van der Waals surface area contributed by atoms with E-state index in [0.717, 1.165) is 31.3 Å². The molecule has 3 nitrogen and oxygen atoms in total. The minimum Gasteiger partial charge on any atom is -0.494 e. The summed E-state index contributed by atoms with van der Waals surface area (Å²) in [7, 11) is 0. The molecule has 126 valence electrons. The lowest BCUT2D eigenvalue weighted by Gasteiger charge is -2.42. The van der Waals surface area contributed by atoms with Crippen molar-refractivity contribution in [3.05, 3.63) is 23.8 Å². The Labute approximate surface area is 139 Å². The van der Waals surface area contributed by atoms with Crippen molar-refractivity contribution >= 4 is 5.69 Å². The van der Waals surface area contributed by atoms with E-state index in [4.69, 9.17) is 9.47 Å². The van der Waals surface area contributed by atoms with E-state index >= 15 is 0 Å². The molecule has 1 saturated heterocycles. The Morgan fingerprint density at radius 1 is 1.17 bits per heavy atom. The molecule has 2 fully saturated rings. The predicted molar refractivity (Wildman–Crippen MR) is 93.0 cm³/mol. The fourth-order valence-electron chi connectivity index (χ4n) is 4.76. The van der Waals surface area contributed by atoms with Gasteiger partial charge in [-0.15, -0.1) is 0 Å². The van der Waals surface area contributed by atoms with Crippen molar-refractivity contribution in [1.82, 2.24) is 0 Å². The number of fused-ring (bicyclic) bond motifs is 3. The van der Waals surface area contributed by atoms with Crippen LogP contribution in [0.1, 0.15) is 63.5 Å². The van der Waals surface area contributed by atoms with Gasteiger partial charge in [-0.3, -0.25) is 0 Å². The summed E-state index contributed by atoms with van der Waals surface area (Å²) in [6.07, 6.45) is 9.49. The Balaban J connectivity index is 1.59. The number of nitrogens with one attached hydrogen (secondary N) is 1. The van der Waals surface area contributed by atoms with Crippen LogP contribution in [0, 0.1) is 11.8 Å². The molecule has 2 aliphatic heterocycles. The molecule has 1 aromatic rings. The maximum atomic E-state index is 6.17. The zero-order valence-corrected chi connectivity index (χ0v) is 14.2. The maximum Gasteiger partial charge on any atom is 0.119 e. The standard InChI is InChI=1S/C20H29NO2/c1-2-11-22-15-8-9-18-17(13-15)20-16(10-12-23-20)19(21-18)14-6-4-3-5-7-14/h8-9,13-14,16,19-21H,2-7,10-12H2,1H3/t16-,19+,20-/m0/s1. The fraction of sp³-hybridized carbons (Fsp3) is 0.700. The van der Waals surface area contributed by atoms with Gasteiger partial charge in [0, 0.05) is 29.8 Å². The lowest BCUT2D eigenvalue weighted by molar-refractivity contribution is 0.0730. The molecule has 3 aliphatic rings. The van der Waals surface area contributed by atoms with Crippen molar-refractivity contribution in [3.63, 3.8) is 0 Å². The van der Waals surface area contributed by atoms with E-state index in [2.05, 4.69) is 30.4 Å². The molecule has 0 bridgehead atoms. The molecule has 1 saturated carbocycles. The summed E-state index contributed by atoms with van der Waals surface area (Å²) in [6.45, 7) is 3.83. The molecule has 0 unspecified atom stereocenters. The van der Waals surface area contributed by atoms with Gasteiger partial charge in [-0.25, -0.2) is 0 Å². The molecule has 1 aliphatic carbocycles. The summed E-state index contributed by atoms with van der Waals surface area (Å²) in [5.41, 5.74) is 2.58. The van der Waals surface area contributed by atoms with Gasteiger partial charge in [0.2, 0.25) is 0 Å². The van der Waals surface area contributed by atoms with Gasteiger partial charge in [0.1, 0.15) is 5.75 Å². The van der Waals surface area contributed by atoms with Crippen LogP contribution in [-0.4, -0.2) is 19.3 Å². The zero-order chi connectivity index (χ0) is 15.6. The maximum absolute atomic E-state index is 6.17. The number of rotatable bonds is 4. The number of benzene rings is 1. The molecule has 0 radical (unpaired) electrons. The molecule has 2 heterocycles. The molecule has 23 heavy (non-hydrogen) atoms. The average Bonchev–Trinajstić information content (AvgIpc) is 3.10. The van der Waals surface area contributed by atoms with Crippen LogP contribution in [0.5, 0.6) is 5.75 Å². The largest absolute Gasteiger partial charge is 0.494 e.